The molecule has 0 atom stereocenters. The Morgan fingerprint density at radius 3 is 2.21 bits per heavy atom. The van der Waals surface area contributed by atoms with Gasteiger partial charge in [-0.2, -0.15) is 0 Å². The van der Waals surface area contributed by atoms with Crippen LogP contribution in [0.2, 0.25) is 0 Å². The minimum absolute atomic E-state index is 0.151. The molecule has 0 aliphatic heterocycles. The van der Waals surface area contributed by atoms with Crippen molar-refractivity contribution in [3.63, 3.8) is 0 Å². The number of amides is 2. The van der Waals surface area contributed by atoms with Gasteiger partial charge in [0.15, 0.2) is 0 Å². The van der Waals surface area contributed by atoms with Gasteiger partial charge in [0, 0.05) is 30.1 Å². The standard InChI is InChI=1S/C22H23N5O2/c1-14(2)18-6-4-5-7-19(18)27-21-12-20(23-13-24-21)22(29)26-17-10-8-16(9-11-17)25-15(3)28/h4-14H,1-3H3,(H,25,28)(H,26,29)(H,23,24,27). The van der Waals surface area contributed by atoms with E-state index in [1.54, 1.807) is 30.3 Å². The van der Waals surface area contributed by atoms with Crippen molar-refractivity contribution < 1.29 is 9.59 Å². The molecule has 0 saturated heterocycles. The number of nitrogens with one attached hydrogen (secondary N) is 3. The minimum Gasteiger partial charge on any atom is -0.340 e. The van der Waals surface area contributed by atoms with Crippen molar-refractivity contribution in [3.05, 3.63) is 72.2 Å². The zero-order chi connectivity index (χ0) is 20.8. The zero-order valence-corrected chi connectivity index (χ0v) is 16.6. The van der Waals surface area contributed by atoms with Crippen LogP contribution in [0.15, 0.2) is 60.9 Å². The maximum atomic E-state index is 12.6. The van der Waals surface area contributed by atoms with Gasteiger partial charge >= 0.3 is 0 Å². The quantitative estimate of drug-likeness (QED) is 0.575. The van der Waals surface area contributed by atoms with E-state index in [1.165, 1.54) is 13.3 Å². The molecule has 3 aromatic rings. The van der Waals surface area contributed by atoms with Gasteiger partial charge in [-0.1, -0.05) is 32.0 Å². The van der Waals surface area contributed by atoms with Crippen LogP contribution in [0.1, 0.15) is 42.7 Å². The summed E-state index contributed by atoms with van der Waals surface area (Å²) < 4.78 is 0. The Balaban J connectivity index is 1.72. The first-order valence-corrected chi connectivity index (χ1v) is 9.29. The molecule has 3 rings (SSSR count). The molecule has 1 aromatic heterocycles. The summed E-state index contributed by atoms with van der Waals surface area (Å²) in [6.45, 7) is 5.68. The molecule has 0 fully saturated rings. The Bertz CT molecular complexity index is 1020. The normalized spacial score (nSPS) is 10.5. The van der Waals surface area contributed by atoms with Crippen molar-refractivity contribution in [1.82, 2.24) is 9.97 Å². The van der Waals surface area contributed by atoms with E-state index in [9.17, 15) is 9.59 Å². The van der Waals surface area contributed by atoms with Gasteiger partial charge in [-0.05, 0) is 41.8 Å². The molecule has 148 valence electrons. The second kappa shape index (κ2) is 8.97. The maximum Gasteiger partial charge on any atom is 0.274 e. The van der Waals surface area contributed by atoms with Crippen LogP contribution in [0.4, 0.5) is 22.9 Å². The van der Waals surface area contributed by atoms with Crippen molar-refractivity contribution in [3.8, 4) is 0 Å². The molecule has 0 aliphatic rings. The first-order valence-electron chi connectivity index (χ1n) is 9.29. The fourth-order valence-corrected chi connectivity index (χ4v) is 2.84. The molecule has 3 N–H and O–H groups in total. The predicted octanol–water partition coefficient (Wildman–Crippen LogP) is 4.55. The molecule has 0 unspecified atom stereocenters. The third kappa shape index (κ3) is 5.38. The average Bonchev–Trinajstić information content (AvgIpc) is 2.69. The van der Waals surface area contributed by atoms with Gasteiger partial charge in [0.05, 0.1) is 0 Å². The van der Waals surface area contributed by atoms with E-state index in [4.69, 9.17) is 0 Å². The van der Waals surface area contributed by atoms with Crippen molar-refractivity contribution in [2.24, 2.45) is 0 Å². The number of hydrogen-bond donors (Lipinski definition) is 3. The van der Waals surface area contributed by atoms with Crippen LogP contribution in [0, 0.1) is 0 Å². The SMILES string of the molecule is CC(=O)Nc1ccc(NC(=O)c2cc(Nc3ccccc3C(C)C)ncn2)cc1. The summed E-state index contributed by atoms with van der Waals surface area (Å²) >= 11 is 0. The van der Waals surface area contributed by atoms with Crippen molar-refractivity contribution in [1.29, 1.82) is 0 Å². The Morgan fingerprint density at radius 2 is 1.55 bits per heavy atom. The molecule has 0 aliphatic carbocycles. The lowest BCUT2D eigenvalue weighted by molar-refractivity contribution is -0.114. The summed E-state index contributed by atoms with van der Waals surface area (Å²) in [5.41, 5.74) is 3.61. The third-order valence-electron chi connectivity index (χ3n) is 4.21. The molecule has 2 aromatic carbocycles. The number of benzene rings is 2. The van der Waals surface area contributed by atoms with E-state index in [1.807, 2.05) is 18.2 Å². The number of hydrogen-bond acceptors (Lipinski definition) is 5. The lowest BCUT2D eigenvalue weighted by Gasteiger charge is -2.14. The molecule has 29 heavy (non-hydrogen) atoms. The van der Waals surface area contributed by atoms with E-state index in [0.29, 0.717) is 23.1 Å². The topological polar surface area (TPSA) is 96.0 Å². The van der Waals surface area contributed by atoms with Crippen molar-refractivity contribution >= 4 is 34.7 Å². The summed E-state index contributed by atoms with van der Waals surface area (Å²) in [6, 6.07) is 16.5. The number of carbonyl (C=O) groups is 2. The minimum atomic E-state index is -0.347. The number of nitrogens with zero attached hydrogens (tertiary/aromatic N) is 2. The van der Waals surface area contributed by atoms with E-state index < -0.39 is 0 Å². The van der Waals surface area contributed by atoms with Crippen LogP contribution >= 0.6 is 0 Å². The zero-order valence-electron chi connectivity index (χ0n) is 16.6. The van der Waals surface area contributed by atoms with E-state index in [0.717, 1.165) is 11.3 Å². The van der Waals surface area contributed by atoms with E-state index >= 15 is 0 Å². The largest absolute Gasteiger partial charge is 0.340 e. The van der Waals surface area contributed by atoms with Gasteiger partial charge < -0.3 is 16.0 Å². The first-order chi connectivity index (χ1) is 13.9. The second-order valence-corrected chi connectivity index (χ2v) is 6.87. The Kier molecular flexibility index (Phi) is 6.19. The Hall–Kier alpha value is -3.74. The molecule has 0 radical (unpaired) electrons. The van der Waals surface area contributed by atoms with Gasteiger partial charge in [-0.15, -0.1) is 0 Å². The number of carbonyl (C=O) groups excluding carboxylic acids is 2. The molecule has 7 heteroatoms. The molecule has 0 spiro atoms. The highest BCUT2D eigenvalue weighted by Crippen LogP contribution is 2.26. The highest BCUT2D eigenvalue weighted by atomic mass is 16.2. The van der Waals surface area contributed by atoms with Crippen LogP contribution in [0.3, 0.4) is 0 Å². The monoisotopic (exact) mass is 389 g/mol. The molecule has 0 saturated carbocycles. The fraction of sp³-hybridized carbons (Fsp3) is 0.182. The Labute approximate surface area is 169 Å². The van der Waals surface area contributed by atoms with Gasteiger partial charge in [0.1, 0.15) is 17.8 Å². The molecular formula is C22H23N5O2. The lowest BCUT2D eigenvalue weighted by atomic mass is 10.0. The summed E-state index contributed by atoms with van der Waals surface area (Å²) in [4.78, 5) is 31.9. The summed E-state index contributed by atoms with van der Waals surface area (Å²) in [7, 11) is 0. The predicted molar refractivity (Wildman–Crippen MR) is 115 cm³/mol. The van der Waals surface area contributed by atoms with Crippen LogP contribution < -0.4 is 16.0 Å². The van der Waals surface area contributed by atoms with Gasteiger partial charge in [0.25, 0.3) is 5.91 Å². The number of anilines is 4. The highest BCUT2D eigenvalue weighted by molar-refractivity contribution is 6.03. The second-order valence-electron chi connectivity index (χ2n) is 6.87. The Morgan fingerprint density at radius 1 is 0.897 bits per heavy atom. The summed E-state index contributed by atoms with van der Waals surface area (Å²) in [5, 5.41) is 8.74. The third-order valence-corrected chi connectivity index (χ3v) is 4.21. The van der Waals surface area contributed by atoms with Gasteiger partial charge in [0.2, 0.25) is 5.91 Å². The van der Waals surface area contributed by atoms with Crippen molar-refractivity contribution in [2.45, 2.75) is 26.7 Å². The van der Waals surface area contributed by atoms with E-state index in [-0.39, 0.29) is 17.5 Å². The molecule has 0 bridgehead atoms. The summed E-state index contributed by atoms with van der Waals surface area (Å²) in [5.74, 6) is 0.393. The number of aromatic nitrogens is 2. The van der Waals surface area contributed by atoms with E-state index in [2.05, 4.69) is 45.8 Å². The highest BCUT2D eigenvalue weighted by Gasteiger charge is 2.11. The van der Waals surface area contributed by atoms with Gasteiger partial charge in [-0.3, -0.25) is 9.59 Å². The average molecular weight is 389 g/mol. The fourth-order valence-electron chi connectivity index (χ4n) is 2.84. The van der Waals surface area contributed by atoms with Crippen molar-refractivity contribution in [2.75, 3.05) is 16.0 Å². The van der Waals surface area contributed by atoms with Crippen LogP contribution in [-0.4, -0.2) is 21.8 Å². The smallest absolute Gasteiger partial charge is 0.274 e. The van der Waals surface area contributed by atoms with Crippen LogP contribution in [0.25, 0.3) is 0 Å². The van der Waals surface area contributed by atoms with Crippen LogP contribution in [0.5, 0.6) is 0 Å². The molecule has 2 amide bonds. The molecule has 1 heterocycles. The first kappa shape index (κ1) is 20.0. The maximum absolute atomic E-state index is 12.6. The van der Waals surface area contributed by atoms with Gasteiger partial charge in [-0.25, -0.2) is 9.97 Å². The number of rotatable bonds is 6. The molecule has 7 nitrogen and oxygen atoms in total. The lowest BCUT2D eigenvalue weighted by Crippen LogP contribution is -2.14. The summed E-state index contributed by atoms with van der Waals surface area (Å²) in [6.07, 6.45) is 1.36. The number of para-hydroxylation sites is 1. The van der Waals surface area contributed by atoms with Crippen LogP contribution in [-0.2, 0) is 4.79 Å². The molecular weight excluding hydrogens is 366 g/mol.